The van der Waals surface area contributed by atoms with Gasteiger partial charge < -0.3 is 10.3 Å². The summed E-state index contributed by atoms with van der Waals surface area (Å²) in [5.41, 5.74) is 8.62. The van der Waals surface area contributed by atoms with E-state index in [9.17, 15) is 0 Å². The number of hydrogen-bond donors (Lipinski definition) is 1. The fourth-order valence-corrected chi connectivity index (χ4v) is 2.36. The van der Waals surface area contributed by atoms with Crippen molar-refractivity contribution < 1.29 is 0 Å². The van der Waals surface area contributed by atoms with Gasteiger partial charge in [-0.2, -0.15) is 0 Å². The Morgan fingerprint density at radius 3 is 2.89 bits per heavy atom. The van der Waals surface area contributed by atoms with Crippen molar-refractivity contribution in [1.82, 2.24) is 14.5 Å². The molecule has 0 saturated carbocycles. The molecule has 0 bridgehead atoms. The molecule has 3 rings (SSSR count). The van der Waals surface area contributed by atoms with Gasteiger partial charge in [-0.3, -0.25) is 4.98 Å². The molecule has 0 aliphatic carbocycles. The lowest BCUT2D eigenvalue weighted by Gasteiger charge is -2.11. The number of anilines is 1. The third-order valence-electron chi connectivity index (χ3n) is 3.23. The van der Waals surface area contributed by atoms with Gasteiger partial charge in [0.15, 0.2) is 0 Å². The average Bonchev–Trinajstić information content (AvgIpc) is 2.87. The molecule has 96 valence electrons. The zero-order chi connectivity index (χ0) is 13.2. The monoisotopic (exact) mass is 252 g/mol. The number of nitrogens with two attached hydrogens (primary N) is 1. The molecule has 0 saturated heterocycles. The lowest BCUT2D eigenvalue weighted by molar-refractivity contribution is 0.811. The van der Waals surface area contributed by atoms with Crippen molar-refractivity contribution >= 4 is 16.6 Å². The molecule has 0 fully saturated rings. The summed E-state index contributed by atoms with van der Waals surface area (Å²) in [4.78, 5) is 8.79. The Hall–Kier alpha value is -2.36. The Kier molecular flexibility index (Phi) is 2.91. The molecule has 2 heterocycles. The quantitative estimate of drug-likeness (QED) is 0.729. The first-order valence-corrected chi connectivity index (χ1v) is 6.47. The van der Waals surface area contributed by atoms with Crippen LogP contribution < -0.4 is 5.73 Å². The molecule has 0 spiro atoms. The highest BCUT2D eigenvalue weighted by molar-refractivity contribution is 5.94. The molecule has 0 aliphatic heterocycles. The maximum Gasteiger partial charge on any atom is 0.113 e. The summed E-state index contributed by atoms with van der Waals surface area (Å²) < 4.78 is 2.12. The van der Waals surface area contributed by atoms with E-state index in [1.807, 2.05) is 36.7 Å². The van der Waals surface area contributed by atoms with Crippen molar-refractivity contribution in [3.8, 4) is 5.69 Å². The minimum atomic E-state index is 0.705. The molecule has 1 aromatic carbocycles. The second kappa shape index (κ2) is 4.72. The number of nitrogen functional groups attached to an aromatic ring is 1. The fourth-order valence-electron chi connectivity index (χ4n) is 2.36. The maximum absolute atomic E-state index is 5.99. The van der Waals surface area contributed by atoms with Crippen molar-refractivity contribution in [3.63, 3.8) is 0 Å². The van der Waals surface area contributed by atoms with Gasteiger partial charge >= 0.3 is 0 Å². The lowest BCUT2D eigenvalue weighted by Crippen LogP contribution is -2.02. The van der Waals surface area contributed by atoms with Gasteiger partial charge in [-0.15, -0.1) is 0 Å². The van der Waals surface area contributed by atoms with E-state index in [2.05, 4.69) is 21.5 Å². The van der Waals surface area contributed by atoms with Crippen molar-refractivity contribution in [2.45, 2.75) is 19.8 Å². The van der Waals surface area contributed by atoms with Crippen LogP contribution in [-0.4, -0.2) is 14.5 Å². The minimum Gasteiger partial charge on any atom is -0.397 e. The zero-order valence-corrected chi connectivity index (χ0v) is 10.9. The van der Waals surface area contributed by atoms with Crippen LogP contribution in [0.15, 0.2) is 42.9 Å². The van der Waals surface area contributed by atoms with E-state index in [0.717, 1.165) is 35.3 Å². The SMILES string of the molecule is CCCc1nccn1-c1ccnc2c(N)cccc12. The van der Waals surface area contributed by atoms with Gasteiger partial charge in [0.1, 0.15) is 5.82 Å². The molecule has 2 aromatic heterocycles. The van der Waals surface area contributed by atoms with Gasteiger partial charge in [-0.05, 0) is 18.6 Å². The van der Waals surface area contributed by atoms with E-state index >= 15 is 0 Å². The van der Waals surface area contributed by atoms with Gasteiger partial charge in [0.25, 0.3) is 0 Å². The summed E-state index contributed by atoms with van der Waals surface area (Å²) in [6.45, 7) is 2.15. The Balaban J connectivity index is 2.25. The van der Waals surface area contributed by atoms with Crippen molar-refractivity contribution in [1.29, 1.82) is 0 Å². The van der Waals surface area contributed by atoms with Crippen LogP contribution in [0.4, 0.5) is 5.69 Å². The third kappa shape index (κ3) is 1.95. The third-order valence-corrected chi connectivity index (χ3v) is 3.23. The lowest BCUT2D eigenvalue weighted by atomic mass is 10.1. The molecule has 0 atom stereocenters. The van der Waals surface area contributed by atoms with Crippen LogP contribution in [-0.2, 0) is 6.42 Å². The summed E-state index contributed by atoms with van der Waals surface area (Å²) in [5, 5.41) is 1.05. The molecule has 0 radical (unpaired) electrons. The standard InChI is InChI=1S/C15H16N4/c1-2-4-14-17-9-10-19(14)13-7-8-18-15-11(13)5-3-6-12(15)16/h3,5-10H,2,4,16H2,1H3. The van der Waals surface area contributed by atoms with E-state index in [4.69, 9.17) is 5.73 Å². The summed E-state index contributed by atoms with van der Waals surface area (Å²) >= 11 is 0. The number of benzene rings is 1. The first-order valence-electron chi connectivity index (χ1n) is 6.47. The summed E-state index contributed by atoms with van der Waals surface area (Å²) in [5.74, 6) is 1.07. The van der Waals surface area contributed by atoms with Gasteiger partial charge in [-0.1, -0.05) is 19.1 Å². The molecule has 4 nitrogen and oxygen atoms in total. The molecule has 0 amide bonds. The van der Waals surface area contributed by atoms with Crippen molar-refractivity contribution in [2.24, 2.45) is 0 Å². The first-order chi connectivity index (χ1) is 9.31. The van der Waals surface area contributed by atoms with E-state index < -0.39 is 0 Å². The summed E-state index contributed by atoms with van der Waals surface area (Å²) in [6, 6.07) is 7.88. The molecule has 2 N–H and O–H groups in total. The normalized spacial score (nSPS) is 11.0. The second-order valence-corrected chi connectivity index (χ2v) is 4.54. The summed E-state index contributed by atoms with van der Waals surface area (Å²) in [6.07, 6.45) is 7.65. The number of fused-ring (bicyclic) bond motifs is 1. The average molecular weight is 252 g/mol. The van der Waals surface area contributed by atoms with Crippen LogP contribution in [0.1, 0.15) is 19.2 Å². The number of hydrogen-bond acceptors (Lipinski definition) is 3. The summed E-state index contributed by atoms with van der Waals surface area (Å²) in [7, 11) is 0. The molecule has 19 heavy (non-hydrogen) atoms. The predicted molar refractivity (Wildman–Crippen MR) is 77.3 cm³/mol. The molecular formula is C15H16N4. The number of imidazole rings is 1. The van der Waals surface area contributed by atoms with Gasteiger partial charge in [-0.25, -0.2) is 4.98 Å². The van der Waals surface area contributed by atoms with Gasteiger partial charge in [0.2, 0.25) is 0 Å². The molecule has 3 aromatic rings. The maximum atomic E-state index is 5.99. The number of para-hydroxylation sites is 1. The predicted octanol–water partition coefficient (Wildman–Crippen LogP) is 2.96. The van der Waals surface area contributed by atoms with Crippen LogP contribution in [0.25, 0.3) is 16.6 Å². The molecule has 4 heteroatoms. The Morgan fingerprint density at radius 2 is 2.05 bits per heavy atom. The topological polar surface area (TPSA) is 56.7 Å². The highest BCUT2D eigenvalue weighted by atomic mass is 15.1. The number of rotatable bonds is 3. The second-order valence-electron chi connectivity index (χ2n) is 4.54. The number of nitrogens with zero attached hydrogens (tertiary/aromatic N) is 3. The van der Waals surface area contributed by atoms with Crippen LogP contribution in [0.5, 0.6) is 0 Å². The first kappa shape index (κ1) is 11.7. The minimum absolute atomic E-state index is 0.705. The Morgan fingerprint density at radius 1 is 1.16 bits per heavy atom. The van der Waals surface area contributed by atoms with Crippen LogP contribution in [0.3, 0.4) is 0 Å². The van der Waals surface area contributed by atoms with Crippen molar-refractivity contribution in [3.05, 3.63) is 48.7 Å². The number of aromatic nitrogens is 3. The van der Waals surface area contributed by atoms with Gasteiger partial charge in [0.05, 0.1) is 16.9 Å². The van der Waals surface area contributed by atoms with E-state index in [1.54, 1.807) is 6.20 Å². The molecule has 0 unspecified atom stereocenters. The molecular weight excluding hydrogens is 236 g/mol. The fraction of sp³-hybridized carbons (Fsp3) is 0.200. The van der Waals surface area contributed by atoms with Gasteiger partial charge in [0, 0.05) is 30.4 Å². The highest BCUT2D eigenvalue weighted by Crippen LogP contribution is 2.25. The van der Waals surface area contributed by atoms with Crippen molar-refractivity contribution in [2.75, 3.05) is 5.73 Å². The Bertz CT molecular complexity index is 715. The molecule has 0 aliphatic rings. The largest absolute Gasteiger partial charge is 0.397 e. The van der Waals surface area contributed by atoms with E-state index in [1.165, 1.54) is 0 Å². The van der Waals surface area contributed by atoms with E-state index in [-0.39, 0.29) is 0 Å². The highest BCUT2D eigenvalue weighted by Gasteiger charge is 2.09. The number of aryl methyl sites for hydroxylation is 1. The smallest absolute Gasteiger partial charge is 0.113 e. The van der Waals surface area contributed by atoms with E-state index in [0.29, 0.717) is 5.69 Å². The Labute approximate surface area is 111 Å². The van der Waals surface area contributed by atoms with Crippen LogP contribution in [0, 0.1) is 0 Å². The van der Waals surface area contributed by atoms with Crippen LogP contribution in [0.2, 0.25) is 0 Å². The zero-order valence-electron chi connectivity index (χ0n) is 10.9. The van der Waals surface area contributed by atoms with Crippen LogP contribution >= 0.6 is 0 Å². The number of pyridine rings is 1.